The van der Waals surface area contributed by atoms with Gasteiger partial charge in [-0.25, -0.2) is 0 Å². The van der Waals surface area contributed by atoms with Crippen molar-refractivity contribution in [3.63, 3.8) is 0 Å². The first-order chi connectivity index (χ1) is 11.0. The van der Waals surface area contributed by atoms with Gasteiger partial charge in [0.25, 0.3) is 0 Å². The van der Waals surface area contributed by atoms with Crippen molar-refractivity contribution in [3.8, 4) is 0 Å². The van der Waals surface area contributed by atoms with Crippen molar-refractivity contribution in [3.05, 3.63) is 35.9 Å². The van der Waals surface area contributed by atoms with E-state index >= 15 is 0 Å². The first kappa shape index (κ1) is 16.0. The van der Waals surface area contributed by atoms with Gasteiger partial charge >= 0.3 is 0 Å². The van der Waals surface area contributed by atoms with Crippen molar-refractivity contribution in [1.29, 1.82) is 0 Å². The summed E-state index contributed by atoms with van der Waals surface area (Å²) in [5.74, 6) is -0.0922. The van der Waals surface area contributed by atoms with E-state index in [1.807, 2.05) is 42.3 Å². The van der Waals surface area contributed by atoms with E-state index in [1.165, 1.54) is 0 Å². The summed E-state index contributed by atoms with van der Waals surface area (Å²) in [6.07, 6.45) is 2.63. The van der Waals surface area contributed by atoms with Crippen LogP contribution in [0.5, 0.6) is 0 Å². The van der Waals surface area contributed by atoms with Crippen LogP contribution in [0.25, 0.3) is 0 Å². The van der Waals surface area contributed by atoms with Crippen LogP contribution in [0.4, 0.5) is 0 Å². The highest BCUT2D eigenvalue weighted by molar-refractivity contribution is 5.84. The summed E-state index contributed by atoms with van der Waals surface area (Å²) in [6, 6.07) is 9.98. The molecule has 1 spiro atoms. The number of rotatable bonds is 2. The monoisotopic (exact) mass is 316 g/mol. The van der Waals surface area contributed by atoms with Gasteiger partial charge in [-0.05, 0) is 30.2 Å². The van der Waals surface area contributed by atoms with Gasteiger partial charge in [0.1, 0.15) is 6.61 Å². The van der Waals surface area contributed by atoms with Gasteiger partial charge in [0.05, 0.1) is 5.92 Å². The smallest absolute Gasteiger partial charge is 0.248 e. The minimum atomic E-state index is -0.419. The molecule has 2 saturated heterocycles. The van der Waals surface area contributed by atoms with E-state index in [0.717, 1.165) is 31.4 Å². The maximum atomic E-state index is 12.6. The van der Waals surface area contributed by atoms with E-state index < -0.39 is 6.61 Å². The molecule has 5 heteroatoms. The van der Waals surface area contributed by atoms with Crippen LogP contribution in [0.2, 0.25) is 0 Å². The van der Waals surface area contributed by atoms with Crippen LogP contribution in [0.1, 0.15) is 30.7 Å². The van der Waals surface area contributed by atoms with Crippen molar-refractivity contribution in [1.82, 2.24) is 9.80 Å². The third-order valence-electron chi connectivity index (χ3n) is 5.40. The number of amides is 2. The number of carbonyl (C=O) groups excluding carboxylic acids is 2. The fourth-order valence-corrected chi connectivity index (χ4v) is 4.07. The van der Waals surface area contributed by atoms with Crippen molar-refractivity contribution in [2.75, 3.05) is 33.3 Å². The maximum Gasteiger partial charge on any atom is 0.248 e. The van der Waals surface area contributed by atoms with Gasteiger partial charge in [-0.15, -0.1) is 0 Å². The number of piperidine rings is 2. The Bertz CT molecular complexity index is 579. The molecule has 5 nitrogen and oxygen atoms in total. The largest absolute Gasteiger partial charge is 0.387 e. The Labute approximate surface area is 136 Å². The Kier molecular flexibility index (Phi) is 4.39. The van der Waals surface area contributed by atoms with Crippen LogP contribution < -0.4 is 0 Å². The lowest BCUT2D eigenvalue weighted by molar-refractivity contribution is -0.144. The van der Waals surface area contributed by atoms with Crippen LogP contribution >= 0.6 is 0 Å². The van der Waals surface area contributed by atoms with Gasteiger partial charge in [0.2, 0.25) is 11.8 Å². The highest BCUT2D eigenvalue weighted by Gasteiger charge is 2.45. The summed E-state index contributed by atoms with van der Waals surface area (Å²) in [7, 11) is 1.88. The van der Waals surface area contributed by atoms with Gasteiger partial charge in [0.15, 0.2) is 0 Å². The number of likely N-dealkylation sites (N-methyl/N-ethyl adjacent to an activating group) is 1. The first-order valence-electron chi connectivity index (χ1n) is 8.23. The maximum absolute atomic E-state index is 12.6. The molecule has 2 heterocycles. The van der Waals surface area contributed by atoms with E-state index in [1.54, 1.807) is 4.90 Å². The zero-order valence-electron chi connectivity index (χ0n) is 13.6. The van der Waals surface area contributed by atoms with Gasteiger partial charge in [-0.1, -0.05) is 30.3 Å². The number of hydrogen-bond donors (Lipinski definition) is 1. The van der Waals surface area contributed by atoms with Gasteiger partial charge in [-0.2, -0.15) is 0 Å². The number of hydrogen-bond acceptors (Lipinski definition) is 3. The number of aliphatic hydroxyl groups is 1. The van der Waals surface area contributed by atoms with E-state index in [4.69, 9.17) is 5.11 Å². The highest BCUT2D eigenvalue weighted by Crippen LogP contribution is 2.45. The van der Waals surface area contributed by atoms with Crippen LogP contribution in [0.3, 0.4) is 0 Å². The molecule has 1 atom stereocenters. The number of likely N-dealkylation sites (tertiary alicyclic amines) is 2. The second-order valence-electron chi connectivity index (χ2n) is 6.90. The molecule has 2 aliphatic rings. The quantitative estimate of drug-likeness (QED) is 0.893. The van der Waals surface area contributed by atoms with Crippen LogP contribution in [-0.4, -0.2) is 60.0 Å². The fraction of sp³-hybridized carbons (Fsp3) is 0.556. The molecular weight excluding hydrogens is 292 g/mol. The molecule has 2 aliphatic heterocycles. The fourth-order valence-electron chi connectivity index (χ4n) is 4.07. The summed E-state index contributed by atoms with van der Waals surface area (Å²) in [5, 5.41) is 9.01. The molecule has 2 amide bonds. The van der Waals surface area contributed by atoms with Gasteiger partial charge in [-0.3, -0.25) is 9.59 Å². The lowest BCUT2D eigenvalue weighted by Gasteiger charge is -2.49. The van der Waals surface area contributed by atoms with Gasteiger partial charge in [0, 0.05) is 26.7 Å². The average Bonchev–Trinajstić information content (AvgIpc) is 2.59. The Morgan fingerprint density at radius 2 is 1.91 bits per heavy atom. The molecule has 124 valence electrons. The standard InChI is InChI=1S/C18H24N2O3/c1-19-13-18(7-9-20(10-8-18)16(22)12-21)11-15(17(19)23)14-5-3-2-4-6-14/h2-6,15,21H,7-13H2,1H3/t15-/m1/s1. The van der Waals surface area contributed by atoms with E-state index in [-0.39, 0.29) is 23.1 Å². The van der Waals surface area contributed by atoms with E-state index in [9.17, 15) is 9.59 Å². The van der Waals surface area contributed by atoms with Crippen LogP contribution in [0, 0.1) is 5.41 Å². The predicted octanol–water partition coefficient (Wildman–Crippen LogP) is 1.23. The summed E-state index contributed by atoms with van der Waals surface area (Å²) in [6.45, 7) is 1.68. The zero-order chi connectivity index (χ0) is 16.4. The molecule has 1 aromatic rings. The van der Waals surface area contributed by atoms with Crippen molar-refractivity contribution >= 4 is 11.8 Å². The Morgan fingerprint density at radius 1 is 1.26 bits per heavy atom. The molecule has 0 aromatic heterocycles. The van der Waals surface area contributed by atoms with E-state index in [0.29, 0.717) is 13.1 Å². The van der Waals surface area contributed by atoms with Crippen LogP contribution in [0.15, 0.2) is 30.3 Å². The molecule has 0 unspecified atom stereocenters. The average molecular weight is 316 g/mol. The first-order valence-corrected chi connectivity index (χ1v) is 8.23. The molecule has 0 saturated carbocycles. The predicted molar refractivity (Wildman–Crippen MR) is 86.8 cm³/mol. The van der Waals surface area contributed by atoms with Crippen molar-refractivity contribution in [2.24, 2.45) is 5.41 Å². The summed E-state index contributed by atoms with van der Waals surface area (Å²) in [5.41, 5.74) is 1.16. The minimum Gasteiger partial charge on any atom is -0.387 e. The second kappa shape index (κ2) is 6.32. The second-order valence-corrected chi connectivity index (χ2v) is 6.90. The Hall–Kier alpha value is -1.88. The Balaban J connectivity index is 1.77. The number of carbonyl (C=O) groups is 2. The number of aliphatic hydroxyl groups excluding tert-OH is 1. The molecule has 0 bridgehead atoms. The highest BCUT2D eigenvalue weighted by atomic mass is 16.3. The van der Waals surface area contributed by atoms with Crippen molar-refractivity contribution in [2.45, 2.75) is 25.2 Å². The number of benzene rings is 1. The molecule has 1 aromatic carbocycles. The molecule has 2 fully saturated rings. The molecule has 23 heavy (non-hydrogen) atoms. The molecule has 0 aliphatic carbocycles. The normalized spacial score (nSPS) is 24.1. The SMILES string of the molecule is CN1CC2(CCN(C(=O)CO)CC2)C[C@H](c2ccccc2)C1=O. The lowest BCUT2D eigenvalue weighted by atomic mass is 9.67. The molecule has 1 N–H and O–H groups in total. The Morgan fingerprint density at radius 3 is 2.52 bits per heavy atom. The third kappa shape index (κ3) is 3.11. The van der Waals surface area contributed by atoms with E-state index in [2.05, 4.69) is 0 Å². The third-order valence-corrected chi connectivity index (χ3v) is 5.40. The molecule has 0 radical (unpaired) electrons. The summed E-state index contributed by atoms with van der Waals surface area (Å²) >= 11 is 0. The number of nitrogens with zero attached hydrogens (tertiary/aromatic N) is 2. The summed E-state index contributed by atoms with van der Waals surface area (Å²) in [4.78, 5) is 27.8. The van der Waals surface area contributed by atoms with Gasteiger partial charge < -0.3 is 14.9 Å². The topological polar surface area (TPSA) is 60.9 Å². The lowest BCUT2D eigenvalue weighted by Crippen LogP contribution is -2.53. The van der Waals surface area contributed by atoms with Crippen LogP contribution in [-0.2, 0) is 9.59 Å². The minimum absolute atomic E-state index is 0.0788. The molecule has 3 rings (SSSR count). The summed E-state index contributed by atoms with van der Waals surface area (Å²) < 4.78 is 0. The van der Waals surface area contributed by atoms with Crippen molar-refractivity contribution < 1.29 is 14.7 Å². The zero-order valence-corrected chi connectivity index (χ0v) is 13.6. The molecular formula is C18H24N2O3.